The normalized spacial score (nSPS) is 14.1. The number of carbonyl (C=O) groups excluding carboxylic acids is 1. The van der Waals surface area contributed by atoms with E-state index >= 15 is 0 Å². The summed E-state index contributed by atoms with van der Waals surface area (Å²) < 4.78 is 0. The lowest BCUT2D eigenvalue weighted by Gasteiger charge is -2.04. The molecule has 2 aromatic heterocycles. The van der Waals surface area contributed by atoms with Crippen LogP contribution in [0.2, 0.25) is 0 Å². The molecule has 2 heterocycles. The van der Waals surface area contributed by atoms with Gasteiger partial charge in [0.25, 0.3) is 11.5 Å². The third kappa shape index (κ3) is 2.54. The largest absolute Gasteiger partial charge is 0.349 e. The summed E-state index contributed by atoms with van der Waals surface area (Å²) in [6, 6.07) is 7.14. The Morgan fingerprint density at radius 2 is 1.95 bits per heavy atom. The van der Waals surface area contributed by atoms with Crippen molar-refractivity contribution in [1.29, 1.82) is 0 Å². The average molecular weight is 255 g/mol. The minimum atomic E-state index is -0.368. The summed E-state index contributed by atoms with van der Waals surface area (Å²) in [4.78, 5) is 30.4. The lowest BCUT2D eigenvalue weighted by Crippen LogP contribution is -2.31. The van der Waals surface area contributed by atoms with Crippen LogP contribution in [0.5, 0.6) is 0 Å². The van der Waals surface area contributed by atoms with Crippen molar-refractivity contribution in [2.75, 3.05) is 0 Å². The number of aromatic nitrogens is 2. The van der Waals surface area contributed by atoms with Crippen LogP contribution in [0.4, 0.5) is 0 Å². The highest BCUT2D eigenvalue weighted by molar-refractivity contribution is 5.94. The van der Waals surface area contributed by atoms with E-state index in [1.165, 1.54) is 0 Å². The average Bonchev–Trinajstić information content (AvgIpc) is 3.23. The number of H-pyrrole nitrogens is 1. The molecule has 19 heavy (non-hydrogen) atoms. The van der Waals surface area contributed by atoms with E-state index in [4.69, 9.17) is 0 Å². The van der Waals surface area contributed by atoms with E-state index in [9.17, 15) is 9.59 Å². The molecule has 1 fully saturated rings. The van der Waals surface area contributed by atoms with Crippen LogP contribution >= 0.6 is 0 Å². The molecule has 0 aromatic carbocycles. The minimum Gasteiger partial charge on any atom is -0.349 e. The van der Waals surface area contributed by atoms with Crippen molar-refractivity contribution in [3.8, 4) is 11.3 Å². The van der Waals surface area contributed by atoms with Crippen LogP contribution in [0.25, 0.3) is 11.3 Å². The first-order valence-electron chi connectivity index (χ1n) is 6.18. The van der Waals surface area contributed by atoms with Crippen molar-refractivity contribution in [3.63, 3.8) is 0 Å². The maximum atomic E-state index is 11.9. The van der Waals surface area contributed by atoms with Gasteiger partial charge in [0, 0.05) is 29.7 Å². The lowest BCUT2D eigenvalue weighted by molar-refractivity contribution is 0.0949. The first kappa shape index (κ1) is 11.6. The number of aromatic amines is 1. The van der Waals surface area contributed by atoms with E-state index in [-0.39, 0.29) is 23.1 Å². The first-order chi connectivity index (χ1) is 9.24. The molecule has 1 aliphatic carbocycles. The molecule has 5 heteroatoms. The van der Waals surface area contributed by atoms with Crippen molar-refractivity contribution in [1.82, 2.24) is 15.3 Å². The summed E-state index contributed by atoms with van der Waals surface area (Å²) in [5, 5.41) is 2.80. The van der Waals surface area contributed by atoms with E-state index in [1.54, 1.807) is 36.7 Å². The molecule has 0 saturated heterocycles. The Morgan fingerprint density at radius 3 is 2.58 bits per heavy atom. The Hall–Kier alpha value is -2.43. The lowest BCUT2D eigenvalue weighted by atomic mass is 10.1. The number of pyridine rings is 2. The van der Waals surface area contributed by atoms with Gasteiger partial charge in [-0.25, -0.2) is 0 Å². The number of nitrogens with zero attached hydrogens (tertiary/aromatic N) is 1. The Bertz CT molecular complexity index is 660. The van der Waals surface area contributed by atoms with Gasteiger partial charge in [0.2, 0.25) is 0 Å². The molecule has 0 bridgehead atoms. The zero-order valence-electron chi connectivity index (χ0n) is 10.2. The van der Waals surface area contributed by atoms with Gasteiger partial charge >= 0.3 is 0 Å². The van der Waals surface area contributed by atoms with Crippen molar-refractivity contribution in [2.45, 2.75) is 18.9 Å². The Labute approximate surface area is 109 Å². The van der Waals surface area contributed by atoms with Crippen LogP contribution in [-0.4, -0.2) is 21.9 Å². The molecule has 5 nitrogen and oxygen atoms in total. The molecule has 2 aromatic rings. The fourth-order valence-electron chi connectivity index (χ4n) is 1.84. The predicted molar refractivity (Wildman–Crippen MR) is 70.8 cm³/mol. The van der Waals surface area contributed by atoms with Gasteiger partial charge in [0.1, 0.15) is 5.56 Å². The van der Waals surface area contributed by atoms with Crippen LogP contribution < -0.4 is 10.9 Å². The fraction of sp³-hybridized carbons (Fsp3) is 0.214. The van der Waals surface area contributed by atoms with Crippen molar-refractivity contribution in [3.05, 3.63) is 52.6 Å². The van der Waals surface area contributed by atoms with Gasteiger partial charge in [0.15, 0.2) is 0 Å². The third-order valence-corrected chi connectivity index (χ3v) is 3.06. The highest BCUT2D eigenvalue weighted by Gasteiger charge is 2.24. The van der Waals surface area contributed by atoms with E-state index in [0.717, 1.165) is 18.4 Å². The number of amides is 1. The predicted octanol–water partition coefficient (Wildman–Crippen LogP) is 1.33. The fourth-order valence-corrected chi connectivity index (χ4v) is 1.84. The number of nitrogens with one attached hydrogen (secondary N) is 2. The Morgan fingerprint density at radius 1 is 1.21 bits per heavy atom. The minimum absolute atomic E-state index is 0.157. The third-order valence-electron chi connectivity index (χ3n) is 3.06. The maximum absolute atomic E-state index is 11.9. The smallest absolute Gasteiger partial charge is 0.261 e. The van der Waals surface area contributed by atoms with Crippen LogP contribution in [0.1, 0.15) is 23.2 Å². The molecular formula is C14H13N3O2. The van der Waals surface area contributed by atoms with Gasteiger partial charge in [0.05, 0.1) is 0 Å². The van der Waals surface area contributed by atoms with Gasteiger partial charge in [-0.1, -0.05) is 0 Å². The molecule has 0 radical (unpaired) electrons. The SMILES string of the molecule is O=C(NC1CC1)c1ccc(-c2ccncc2)[nH]c1=O. The van der Waals surface area contributed by atoms with Crippen LogP contribution in [-0.2, 0) is 0 Å². The summed E-state index contributed by atoms with van der Waals surface area (Å²) in [6.07, 6.45) is 5.31. The Balaban J connectivity index is 1.89. The molecule has 0 unspecified atom stereocenters. The number of rotatable bonds is 3. The topological polar surface area (TPSA) is 74.8 Å². The second-order valence-electron chi connectivity index (χ2n) is 4.60. The molecule has 0 spiro atoms. The van der Waals surface area contributed by atoms with Gasteiger partial charge in [-0.2, -0.15) is 0 Å². The monoisotopic (exact) mass is 255 g/mol. The number of hydrogen-bond donors (Lipinski definition) is 2. The zero-order valence-corrected chi connectivity index (χ0v) is 10.2. The molecule has 0 aliphatic heterocycles. The van der Waals surface area contributed by atoms with E-state index in [0.29, 0.717) is 5.69 Å². The van der Waals surface area contributed by atoms with Gasteiger partial charge in [-0.05, 0) is 37.1 Å². The number of hydrogen-bond acceptors (Lipinski definition) is 3. The van der Waals surface area contributed by atoms with E-state index in [1.807, 2.05) is 0 Å². The van der Waals surface area contributed by atoms with Crippen molar-refractivity contribution < 1.29 is 4.79 Å². The number of carbonyl (C=O) groups is 1. The van der Waals surface area contributed by atoms with Crippen LogP contribution in [0.15, 0.2) is 41.5 Å². The van der Waals surface area contributed by atoms with Crippen molar-refractivity contribution in [2.24, 2.45) is 0 Å². The molecule has 1 aliphatic rings. The molecule has 3 rings (SSSR count). The van der Waals surface area contributed by atoms with Crippen LogP contribution in [0, 0.1) is 0 Å². The van der Waals surface area contributed by atoms with Crippen molar-refractivity contribution >= 4 is 5.91 Å². The maximum Gasteiger partial charge on any atom is 0.261 e. The quantitative estimate of drug-likeness (QED) is 0.868. The zero-order chi connectivity index (χ0) is 13.2. The second kappa shape index (κ2) is 4.68. The van der Waals surface area contributed by atoms with Gasteiger partial charge in [-0.3, -0.25) is 14.6 Å². The summed E-state index contributed by atoms with van der Waals surface area (Å²) in [6.45, 7) is 0. The molecular weight excluding hydrogens is 242 g/mol. The molecule has 1 saturated carbocycles. The van der Waals surface area contributed by atoms with Gasteiger partial charge < -0.3 is 10.3 Å². The summed E-state index contributed by atoms with van der Waals surface area (Å²) in [5.74, 6) is -0.301. The molecule has 96 valence electrons. The van der Waals surface area contributed by atoms with E-state index in [2.05, 4.69) is 15.3 Å². The van der Waals surface area contributed by atoms with E-state index < -0.39 is 0 Å². The molecule has 0 atom stereocenters. The highest BCUT2D eigenvalue weighted by atomic mass is 16.2. The van der Waals surface area contributed by atoms with Gasteiger partial charge in [-0.15, -0.1) is 0 Å². The standard InChI is InChI=1S/C14H13N3O2/c18-13(16-10-1-2-10)11-3-4-12(17-14(11)19)9-5-7-15-8-6-9/h3-8,10H,1-2H2,(H,16,18)(H,17,19). The molecule has 2 N–H and O–H groups in total. The first-order valence-corrected chi connectivity index (χ1v) is 6.18. The Kier molecular flexibility index (Phi) is 2.87. The summed E-state index contributed by atoms with van der Waals surface area (Å²) in [5.41, 5.74) is 1.33. The highest BCUT2D eigenvalue weighted by Crippen LogP contribution is 2.19. The van der Waals surface area contributed by atoms with Crippen LogP contribution in [0.3, 0.4) is 0 Å². The molecule has 1 amide bonds. The summed E-state index contributed by atoms with van der Waals surface area (Å²) >= 11 is 0. The second-order valence-corrected chi connectivity index (χ2v) is 4.60. The summed E-state index contributed by atoms with van der Waals surface area (Å²) in [7, 11) is 0.